The lowest BCUT2D eigenvalue weighted by Gasteiger charge is -2.44. The van der Waals surface area contributed by atoms with E-state index in [-0.39, 0.29) is 24.5 Å². The standard InChI is InChI=1S/C11H11ClN4O2/c12-8-3-13-2-1-9(8)15-5-7(6-15)16-10(17)4-14-11(16)18/h1-3,7H,4-6H2,(H,14,18). The van der Waals surface area contributed by atoms with Gasteiger partial charge in [0.1, 0.15) is 0 Å². The summed E-state index contributed by atoms with van der Waals surface area (Å²) in [5, 5.41) is 3.09. The number of hydrogen-bond donors (Lipinski definition) is 1. The summed E-state index contributed by atoms with van der Waals surface area (Å²) in [6, 6.07) is 1.46. The molecule has 2 saturated heterocycles. The van der Waals surface area contributed by atoms with Gasteiger partial charge in [-0.25, -0.2) is 4.79 Å². The van der Waals surface area contributed by atoms with Crippen molar-refractivity contribution in [2.24, 2.45) is 0 Å². The molecule has 2 fully saturated rings. The van der Waals surface area contributed by atoms with Gasteiger partial charge in [-0.2, -0.15) is 0 Å². The summed E-state index contributed by atoms with van der Waals surface area (Å²) in [7, 11) is 0. The minimum atomic E-state index is -0.300. The number of amides is 3. The van der Waals surface area contributed by atoms with E-state index >= 15 is 0 Å². The van der Waals surface area contributed by atoms with E-state index in [1.54, 1.807) is 12.4 Å². The van der Waals surface area contributed by atoms with Gasteiger partial charge in [0.15, 0.2) is 0 Å². The first-order chi connectivity index (χ1) is 8.66. The Hall–Kier alpha value is -1.82. The maximum Gasteiger partial charge on any atom is 0.324 e. The molecule has 0 unspecified atom stereocenters. The van der Waals surface area contributed by atoms with Crippen molar-refractivity contribution in [1.29, 1.82) is 0 Å². The van der Waals surface area contributed by atoms with Crippen LogP contribution in [0.5, 0.6) is 0 Å². The molecule has 94 valence electrons. The van der Waals surface area contributed by atoms with E-state index in [2.05, 4.69) is 10.3 Å². The van der Waals surface area contributed by atoms with Crippen molar-refractivity contribution >= 4 is 29.2 Å². The molecule has 0 radical (unpaired) electrons. The third-order valence-electron chi connectivity index (χ3n) is 3.20. The predicted molar refractivity (Wildman–Crippen MR) is 65.5 cm³/mol. The van der Waals surface area contributed by atoms with Crippen LogP contribution >= 0.6 is 11.6 Å². The molecule has 0 spiro atoms. The maximum atomic E-state index is 11.5. The number of halogens is 1. The van der Waals surface area contributed by atoms with E-state index in [1.807, 2.05) is 11.0 Å². The molecule has 0 aromatic carbocycles. The molecule has 6 nitrogen and oxygen atoms in total. The number of anilines is 1. The topological polar surface area (TPSA) is 65.5 Å². The van der Waals surface area contributed by atoms with Gasteiger partial charge >= 0.3 is 6.03 Å². The van der Waals surface area contributed by atoms with Crippen molar-refractivity contribution in [3.63, 3.8) is 0 Å². The van der Waals surface area contributed by atoms with Crippen LogP contribution in [0.4, 0.5) is 10.5 Å². The van der Waals surface area contributed by atoms with Crippen LogP contribution in [0.3, 0.4) is 0 Å². The van der Waals surface area contributed by atoms with Crippen LogP contribution in [0.1, 0.15) is 0 Å². The molecule has 18 heavy (non-hydrogen) atoms. The highest BCUT2D eigenvalue weighted by Gasteiger charge is 2.41. The van der Waals surface area contributed by atoms with Crippen molar-refractivity contribution in [3.8, 4) is 0 Å². The van der Waals surface area contributed by atoms with Crippen molar-refractivity contribution in [1.82, 2.24) is 15.2 Å². The van der Waals surface area contributed by atoms with Gasteiger partial charge in [-0.3, -0.25) is 14.7 Å². The van der Waals surface area contributed by atoms with E-state index < -0.39 is 0 Å². The second-order valence-corrected chi connectivity index (χ2v) is 4.72. The number of carbonyl (C=O) groups excluding carboxylic acids is 2. The molecule has 3 rings (SSSR count). The fourth-order valence-corrected chi connectivity index (χ4v) is 2.48. The Balaban J connectivity index is 1.69. The molecule has 1 aromatic rings. The van der Waals surface area contributed by atoms with E-state index in [9.17, 15) is 9.59 Å². The number of rotatable bonds is 2. The first-order valence-electron chi connectivity index (χ1n) is 5.61. The van der Waals surface area contributed by atoms with Gasteiger partial charge in [-0.1, -0.05) is 11.6 Å². The van der Waals surface area contributed by atoms with Crippen molar-refractivity contribution < 1.29 is 9.59 Å². The average Bonchev–Trinajstić information content (AvgIpc) is 2.61. The average molecular weight is 267 g/mol. The van der Waals surface area contributed by atoms with Crippen molar-refractivity contribution in [3.05, 3.63) is 23.5 Å². The largest absolute Gasteiger partial charge is 0.366 e. The highest BCUT2D eigenvalue weighted by atomic mass is 35.5. The zero-order chi connectivity index (χ0) is 12.7. The number of nitrogens with one attached hydrogen (secondary N) is 1. The molecule has 7 heteroatoms. The summed E-state index contributed by atoms with van der Waals surface area (Å²) in [4.78, 5) is 30.2. The van der Waals surface area contributed by atoms with Gasteiger partial charge in [0.25, 0.3) is 0 Å². The number of imide groups is 1. The summed E-state index contributed by atoms with van der Waals surface area (Å²) >= 11 is 6.03. The Morgan fingerprint density at radius 1 is 1.39 bits per heavy atom. The Kier molecular flexibility index (Phi) is 2.59. The number of pyridine rings is 1. The first-order valence-corrected chi connectivity index (χ1v) is 5.99. The molecule has 0 aliphatic carbocycles. The second kappa shape index (κ2) is 4.13. The molecule has 0 bridgehead atoms. The molecule has 0 saturated carbocycles. The van der Waals surface area contributed by atoms with E-state index in [1.165, 1.54) is 4.90 Å². The van der Waals surface area contributed by atoms with Gasteiger partial charge in [-0.05, 0) is 6.07 Å². The normalized spacial score (nSPS) is 20.1. The zero-order valence-electron chi connectivity index (χ0n) is 9.47. The van der Waals surface area contributed by atoms with Crippen molar-refractivity contribution in [2.75, 3.05) is 24.5 Å². The highest BCUT2D eigenvalue weighted by Crippen LogP contribution is 2.30. The second-order valence-electron chi connectivity index (χ2n) is 4.31. The SMILES string of the molecule is O=C1CNC(=O)N1C1CN(c2ccncc2Cl)C1. The van der Waals surface area contributed by atoms with Gasteiger partial charge in [0, 0.05) is 25.5 Å². The summed E-state index contributed by atoms with van der Waals surface area (Å²) in [6.45, 7) is 1.33. The quantitative estimate of drug-likeness (QED) is 0.791. The minimum Gasteiger partial charge on any atom is -0.366 e. The van der Waals surface area contributed by atoms with Crippen LogP contribution in [0.2, 0.25) is 5.02 Å². The lowest BCUT2D eigenvalue weighted by atomic mass is 10.1. The third-order valence-corrected chi connectivity index (χ3v) is 3.49. The van der Waals surface area contributed by atoms with Crippen LogP contribution in [0, 0.1) is 0 Å². The van der Waals surface area contributed by atoms with Crippen LogP contribution in [0.15, 0.2) is 18.5 Å². The number of aromatic nitrogens is 1. The monoisotopic (exact) mass is 266 g/mol. The Labute approximate surface area is 109 Å². The first kappa shape index (κ1) is 11.3. The number of carbonyl (C=O) groups is 2. The van der Waals surface area contributed by atoms with E-state index in [4.69, 9.17) is 11.6 Å². The molecule has 2 aliphatic rings. The smallest absolute Gasteiger partial charge is 0.324 e. The fourth-order valence-electron chi connectivity index (χ4n) is 2.24. The molecule has 2 aliphatic heterocycles. The van der Waals surface area contributed by atoms with E-state index in [0.29, 0.717) is 18.1 Å². The van der Waals surface area contributed by atoms with Gasteiger partial charge in [0.05, 0.1) is 23.3 Å². The minimum absolute atomic E-state index is 0.0655. The molecule has 3 amide bonds. The maximum absolute atomic E-state index is 11.5. The van der Waals surface area contributed by atoms with E-state index in [0.717, 1.165) is 5.69 Å². The molecule has 1 N–H and O–H groups in total. The zero-order valence-corrected chi connectivity index (χ0v) is 10.2. The summed E-state index contributed by atoms with van der Waals surface area (Å²) in [5.74, 6) is -0.162. The van der Waals surface area contributed by atoms with Crippen molar-refractivity contribution in [2.45, 2.75) is 6.04 Å². The number of urea groups is 1. The molecule has 0 atom stereocenters. The fraction of sp³-hybridized carbons (Fsp3) is 0.364. The van der Waals surface area contributed by atoms with Crippen LogP contribution in [-0.4, -0.2) is 47.5 Å². The van der Waals surface area contributed by atoms with Crippen LogP contribution < -0.4 is 10.2 Å². The van der Waals surface area contributed by atoms with Gasteiger partial charge < -0.3 is 10.2 Å². The summed E-state index contributed by atoms with van der Waals surface area (Å²) in [5.41, 5.74) is 0.884. The molecular formula is C11H11ClN4O2. The molecular weight excluding hydrogens is 256 g/mol. The van der Waals surface area contributed by atoms with Crippen LogP contribution in [0.25, 0.3) is 0 Å². The number of hydrogen-bond acceptors (Lipinski definition) is 4. The summed E-state index contributed by atoms with van der Waals surface area (Å²) in [6.07, 6.45) is 3.25. The Morgan fingerprint density at radius 3 is 2.78 bits per heavy atom. The molecule has 3 heterocycles. The Morgan fingerprint density at radius 2 is 2.17 bits per heavy atom. The lowest BCUT2D eigenvalue weighted by Crippen LogP contribution is -2.61. The van der Waals surface area contributed by atoms with Gasteiger partial charge in [-0.15, -0.1) is 0 Å². The molecule has 1 aromatic heterocycles. The Bertz CT molecular complexity index is 500. The highest BCUT2D eigenvalue weighted by molar-refractivity contribution is 6.33. The van der Waals surface area contributed by atoms with Crippen LogP contribution in [-0.2, 0) is 4.79 Å². The third kappa shape index (κ3) is 1.69. The lowest BCUT2D eigenvalue weighted by molar-refractivity contribution is -0.126. The predicted octanol–water partition coefficient (Wildman–Crippen LogP) is 0.475. The summed E-state index contributed by atoms with van der Waals surface area (Å²) < 4.78 is 0. The number of nitrogens with zero attached hydrogens (tertiary/aromatic N) is 3. The van der Waals surface area contributed by atoms with Gasteiger partial charge in [0.2, 0.25) is 5.91 Å².